The smallest absolute Gasteiger partial charge is 0.270 e. The number of nitrogens with one attached hydrogen (secondary N) is 1. The Balaban J connectivity index is 2.06. The molecule has 0 radical (unpaired) electrons. The summed E-state index contributed by atoms with van der Waals surface area (Å²) in [6, 6.07) is 8.55. The van der Waals surface area contributed by atoms with Crippen molar-refractivity contribution in [1.29, 1.82) is 0 Å². The van der Waals surface area contributed by atoms with Gasteiger partial charge >= 0.3 is 0 Å². The Labute approximate surface area is 189 Å². The first kappa shape index (κ1) is 21.5. The molecule has 1 saturated heterocycles. The number of rotatable bonds is 4. The van der Waals surface area contributed by atoms with Crippen molar-refractivity contribution in [3.05, 3.63) is 56.0 Å². The largest absolute Gasteiger partial charge is 0.503 e. The van der Waals surface area contributed by atoms with Crippen LogP contribution < -0.4 is 15.0 Å². The molecule has 2 N–H and O–H groups in total. The Hall–Kier alpha value is -2.23. The number of halogens is 2. The van der Waals surface area contributed by atoms with Gasteiger partial charge in [0.15, 0.2) is 16.6 Å². The van der Waals surface area contributed by atoms with Crippen LogP contribution in [0, 0.1) is 6.92 Å². The zero-order valence-electron chi connectivity index (χ0n) is 15.5. The molecule has 150 valence electrons. The number of ether oxygens (including phenoxy) is 1. The van der Waals surface area contributed by atoms with E-state index in [1.165, 1.54) is 11.0 Å². The van der Waals surface area contributed by atoms with Crippen molar-refractivity contribution in [2.45, 2.75) is 13.8 Å². The Bertz CT molecular complexity index is 1070. The minimum atomic E-state index is -0.590. The number of hydrogen-bond acceptors (Lipinski definition) is 5. The van der Waals surface area contributed by atoms with Gasteiger partial charge in [-0.25, -0.2) is 0 Å². The van der Waals surface area contributed by atoms with Gasteiger partial charge in [-0.05, 0) is 89.5 Å². The second-order valence-corrected chi connectivity index (χ2v) is 8.33. The minimum absolute atomic E-state index is 0.0180. The second-order valence-electron chi connectivity index (χ2n) is 6.17. The molecule has 2 aromatic rings. The summed E-state index contributed by atoms with van der Waals surface area (Å²) in [7, 11) is 0. The van der Waals surface area contributed by atoms with E-state index in [9.17, 15) is 14.7 Å². The number of aromatic hydroxyl groups is 1. The molecule has 0 aliphatic carbocycles. The number of aryl methyl sites for hydroxylation is 1. The molecule has 1 aliphatic rings. The zero-order chi connectivity index (χ0) is 21.3. The van der Waals surface area contributed by atoms with Crippen molar-refractivity contribution in [2.75, 3.05) is 11.5 Å². The molecule has 2 amide bonds. The van der Waals surface area contributed by atoms with Crippen LogP contribution in [0.5, 0.6) is 11.5 Å². The van der Waals surface area contributed by atoms with Crippen LogP contribution in [-0.2, 0) is 9.59 Å². The van der Waals surface area contributed by atoms with Crippen molar-refractivity contribution in [3.8, 4) is 11.5 Å². The Kier molecular flexibility index (Phi) is 6.40. The molecule has 0 atom stereocenters. The average molecular weight is 540 g/mol. The molecule has 1 fully saturated rings. The Morgan fingerprint density at radius 2 is 1.97 bits per heavy atom. The van der Waals surface area contributed by atoms with Gasteiger partial charge in [-0.15, -0.1) is 0 Å². The summed E-state index contributed by atoms with van der Waals surface area (Å²) < 4.78 is 6.66. The van der Waals surface area contributed by atoms with Gasteiger partial charge in [-0.3, -0.25) is 19.8 Å². The lowest BCUT2D eigenvalue weighted by molar-refractivity contribution is -0.122. The van der Waals surface area contributed by atoms with Crippen LogP contribution in [-0.4, -0.2) is 28.6 Å². The number of amides is 2. The summed E-state index contributed by atoms with van der Waals surface area (Å²) in [6.45, 7) is 3.99. The monoisotopic (exact) mass is 538 g/mol. The van der Waals surface area contributed by atoms with E-state index < -0.39 is 11.8 Å². The van der Waals surface area contributed by atoms with E-state index in [0.717, 1.165) is 10.0 Å². The fraction of sp³-hybridized carbons (Fsp3) is 0.150. The first-order chi connectivity index (χ1) is 13.7. The molecular weight excluding hydrogens is 524 g/mol. The first-order valence-electron chi connectivity index (χ1n) is 8.55. The third-order valence-corrected chi connectivity index (χ3v) is 5.55. The van der Waals surface area contributed by atoms with E-state index in [0.29, 0.717) is 22.3 Å². The van der Waals surface area contributed by atoms with Crippen LogP contribution in [0.15, 0.2) is 44.9 Å². The van der Waals surface area contributed by atoms with Crippen molar-refractivity contribution in [1.82, 2.24) is 5.32 Å². The number of phenolic OH excluding ortho intramolecular Hbond substituents is 1. The SMILES string of the molecule is CCOc1cc(C=C2C(=O)NC(=S)N(c3ccc(Br)cc3C)C2=O)cc(Br)c1O. The number of nitrogens with zero attached hydrogens (tertiary/aromatic N) is 1. The number of phenols is 1. The summed E-state index contributed by atoms with van der Waals surface area (Å²) in [6.07, 6.45) is 1.44. The van der Waals surface area contributed by atoms with E-state index in [4.69, 9.17) is 17.0 Å². The van der Waals surface area contributed by atoms with E-state index in [1.54, 1.807) is 31.2 Å². The topological polar surface area (TPSA) is 78.9 Å². The number of carbonyl (C=O) groups excluding carboxylic acids is 2. The summed E-state index contributed by atoms with van der Waals surface area (Å²) in [4.78, 5) is 26.9. The molecule has 0 bridgehead atoms. The van der Waals surface area contributed by atoms with Crippen molar-refractivity contribution in [3.63, 3.8) is 0 Å². The lowest BCUT2D eigenvalue weighted by Crippen LogP contribution is -2.54. The third-order valence-electron chi connectivity index (χ3n) is 4.16. The second kappa shape index (κ2) is 8.64. The fourth-order valence-corrected chi connectivity index (χ4v) is 4.06. The van der Waals surface area contributed by atoms with Crippen LogP contribution in [0.1, 0.15) is 18.1 Å². The molecule has 1 aliphatic heterocycles. The normalized spacial score (nSPS) is 15.7. The molecular formula is C20H16Br2N2O4S. The molecule has 1 heterocycles. The fourth-order valence-electron chi connectivity index (χ4n) is 2.86. The van der Waals surface area contributed by atoms with Gasteiger partial charge in [-0.2, -0.15) is 0 Å². The minimum Gasteiger partial charge on any atom is -0.503 e. The van der Waals surface area contributed by atoms with Crippen LogP contribution in [0.2, 0.25) is 0 Å². The Morgan fingerprint density at radius 1 is 1.24 bits per heavy atom. The number of anilines is 1. The van der Waals surface area contributed by atoms with E-state index in [-0.39, 0.29) is 22.2 Å². The number of carbonyl (C=O) groups is 2. The van der Waals surface area contributed by atoms with Crippen LogP contribution in [0.3, 0.4) is 0 Å². The molecule has 2 aromatic carbocycles. The standard InChI is InChI=1S/C20H16Br2N2O4S/c1-3-28-16-9-11(8-14(22)17(16)25)7-13-18(26)23-20(29)24(19(13)27)15-5-4-12(21)6-10(15)2/h4-9,25H,3H2,1-2H3,(H,23,26,29). The van der Waals surface area contributed by atoms with E-state index in [2.05, 4.69) is 37.2 Å². The van der Waals surface area contributed by atoms with Crippen LogP contribution in [0.4, 0.5) is 5.69 Å². The van der Waals surface area contributed by atoms with Gasteiger partial charge < -0.3 is 9.84 Å². The average Bonchev–Trinajstić information content (AvgIpc) is 2.64. The zero-order valence-corrected chi connectivity index (χ0v) is 19.4. The molecule has 6 nitrogen and oxygen atoms in total. The molecule has 9 heteroatoms. The summed E-state index contributed by atoms with van der Waals surface area (Å²) in [5, 5.41) is 12.7. The summed E-state index contributed by atoms with van der Waals surface area (Å²) in [5.41, 5.74) is 1.82. The van der Waals surface area contributed by atoms with Gasteiger partial charge in [0.1, 0.15) is 5.57 Å². The maximum atomic E-state index is 13.2. The van der Waals surface area contributed by atoms with Crippen molar-refractivity contribution < 1.29 is 19.4 Å². The molecule has 29 heavy (non-hydrogen) atoms. The molecule has 0 unspecified atom stereocenters. The Morgan fingerprint density at radius 3 is 2.62 bits per heavy atom. The first-order valence-corrected chi connectivity index (χ1v) is 10.5. The highest BCUT2D eigenvalue weighted by molar-refractivity contribution is 9.10. The van der Waals surface area contributed by atoms with Gasteiger partial charge in [0.05, 0.1) is 16.8 Å². The predicted octanol–water partition coefficient (Wildman–Crippen LogP) is 4.46. The number of thiocarbonyl (C=S) groups is 1. The highest BCUT2D eigenvalue weighted by Gasteiger charge is 2.35. The number of hydrogen-bond donors (Lipinski definition) is 2. The van der Waals surface area contributed by atoms with Gasteiger partial charge in [-0.1, -0.05) is 15.9 Å². The van der Waals surface area contributed by atoms with Crippen LogP contribution >= 0.6 is 44.1 Å². The van der Waals surface area contributed by atoms with E-state index in [1.807, 2.05) is 13.0 Å². The highest BCUT2D eigenvalue weighted by Crippen LogP contribution is 2.36. The summed E-state index contributed by atoms with van der Waals surface area (Å²) >= 11 is 11.9. The molecule has 0 spiro atoms. The van der Waals surface area contributed by atoms with E-state index >= 15 is 0 Å². The molecule has 0 saturated carbocycles. The van der Waals surface area contributed by atoms with Crippen molar-refractivity contribution in [2.24, 2.45) is 0 Å². The van der Waals surface area contributed by atoms with Gasteiger partial charge in [0, 0.05) is 4.47 Å². The third kappa shape index (κ3) is 4.36. The lowest BCUT2D eigenvalue weighted by Gasteiger charge is -2.30. The predicted molar refractivity (Wildman–Crippen MR) is 122 cm³/mol. The maximum Gasteiger partial charge on any atom is 0.270 e. The van der Waals surface area contributed by atoms with Crippen LogP contribution in [0.25, 0.3) is 6.08 Å². The van der Waals surface area contributed by atoms with Gasteiger partial charge in [0.25, 0.3) is 11.8 Å². The quantitative estimate of drug-likeness (QED) is 0.341. The maximum absolute atomic E-state index is 13.2. The van der Waals surface area contributed by atoms with Crippen molar-refractivity contribution >= 4 is 72.8 Å². The molecule has 3 rings (SSSR count). The lowest BCUT2D eigenvalue weighted by atomic mass is 10.1. The highest BCUT2D eigenvalue weighted by atomic mass is 79.9. The summed E-state index contributed by atoms with van der Waals surface area (Å²) in [5.74, 6) is -0.935. The van der Waals surface area contributed by atoms with Gasteiger partial charge in [0.2, 0.25) is 0 Å². The number of benzene rings is 2. The molecule has 0 aromatic heterocycles.